The molecule has 0 atom stereocenters. The molecule has 0 bridgehead atoms. The van der Waals surface area contributed by atoms with Crippen molar-refractivity contribution < 1.29 is 9.18 Å². The van der Waals surface area contributed by atoms with Crippen molar-refractivity contribution in [3.63, 3.8) is 0 Å². The Hall–Kier alpha value is -2.40. The van der Waals surface area contributed by atoms with Gasteiger partial charge >= 0.3 is 0 Å². The third-order valence-corrected chi connectivity index (χ3v) is 2.49. The molecule has 0 heterocycles. The Morgan fingerprint density at radius 1 is 0.889 bits per heavy atom. The molecular weight excluding hydrogens is 227 g/mol. The number of Topliss-reactive ketones (excluding diaryl/α,β-unsaturated/α-hetero) is 1. The summed E-state index contributed by atoms with van der Waals surface area (Å²) in [5, 5.41) is 0. The van der Waals surface area contributed by atoms with Crippen LogP contribution in [0.5, 0.6) is 0 Å². The van der Waals surface area contributed by atoms with Gasteiger partial charge in [0.1, 0.15) is 5.82 Å². The molecule has 0 aliphatic carbocycles. The van der Waals surface area contributed by atoms with Gasteiger partial charge in [0.25, 0.3) is 0 Å². The lowest BCUT2D eigenvalue weighted by Gasteiger charge is -1.94. The summed E-state index contributed by atoms with van der Waals surface area (Å²) in [6.45, 7) is 1.53. The van der Waals surface area contributed by atoms with Crippen molar-refractivity contribution in [2.24, 2.45) is 0 Å². The number of carbonyl (C=O) groups is 1. The van der Waals surface area contributed by atoms with E-state index in [9.17, 15) is 9.18 Å². The molecule has 0 N–H and O–H groups in total. The number of halogens is 1. The number of hydrogen-bond acceptors (Lipinski definition) is 1. The maximum absolute atomic E-state index is 12.7. The number of benzene rings is 2. The molecule has 18 heavy (non-hydrogen) atoms. The molecule has 2 aromatic rings. The Morgan fingerprint density at radius 3 is 1.78 bits per heavy atom. The van der Waals surface area contributed by atoms with Gasteiger partial charge in [0, 0.05) is 16.7 Å². The molecular formula is C16H11FO. The highest BCUT2D eigenvalue weighted by molar-refractivity contribution is 5.94. The maximum Gasteiger partial charge on any atom is 0.159 e. The van der Waals surface area contributed by atoms with E-state index in [0.29, 0.717) is 5.56 Å². The Kier molecular flexibility index (Phi) is 3.54. The molecule has 0 unspecified atom stereocenters. The van der Waals surface area contributed by atoms with E-state index in [1.807, 2.05) is 0 Å². The van der Waals surface area contributed by atoms with E-state index in [1.54, 1.807) is 36.4 Å². The normalized spacial score (nSPS) is 9.44. The van der Waals surface area contributed by atoms with Gasteiger partial charge in [0.15, 0.2) is 5.78 Å². The summed E-state index contributed by atoms with van der Waals surface area (Å²) in [6.07, 6.45) is 0. The average Bonchev–Trinajstić information content (AvgIpc) is 2.38. The molecule has 0 radical (unpaired) electrons. The van der Waals surface area contributed by atoms with Crippen molar-refractivity contribution in [1.29, 1.82) is 0 Å². The lowest BCUT2D eigenvalue weighted by molar-refractivity contribution is 0.101. The minimum absolute atomic E-state index is 0.0352. The van der Waals surface area contributed by atoms with Crippen LogP contribution in [-0.4, -0.2) is 5.78 Å². The predicted molar refractivity (Wildman–Crippen MR) is 68.8 cm³/mol. The number of rotatable bonds is 1. The first-order chi connectivity index (χ1) is 8.65. The lowest BCUT2D eigenvalue weighted by atomic mass is 10.1. The minimum atomic E-state index is -0.272. The molecule has 1 nitrogen and oxygen atoms in total. The van der Waals surface area contributed by atoms with E-state index >= 15 is 0 Å². The first kappa shape index (κ1) is 12.1. The fourth-order valence-corrected chi connectivity index (χ4v) is 1.47. The second-order valence-corrected chi connectivity index (χ2v) is 3.89. The van der Waals surface area contributed by atoms with Crippen LogP contribution in [0.1, 0.15) is 28.4 Å². The van der Waals surface area contributed by atoms with Crippen molar-refractivity contribution >= 4 is 5.78 Å². The van der Waals surface area contributed by atoms with Crippen LogP contribution in [0.2, 0.25) is 0 Å². The second kappa shape index (κ2) is 5.29. The Labute approximate surface area is 105 Å². The molecule has 0 saturated carbocycles. The van der Waals surface area contributed by atoms with Crippen molar-refractivity contribution in [3.8, 4) is 11.8 Å². The van der Waals surface area contributed by atoms with Crippen LogP contribution >= 0.6 is 0 Å². The Balaban J connectivity index is 2.19. The van der Waals surface area contributed by atoms with Crippen LogP contribution in [0.4, 0.5) is 4.39 Å². The van der Waals surface area contributed by atoms with Crippen LogP contribution in [-0.2, 0) is 0 Å². The first-order valence-corrected chi connectivity index (χ1v) is 5.54. The van der Waals surface area contributed by atoms with Crippen LogP contribution in [0.3, 0.4) is 0 Å². The second-order valence-electron chi connectivity index (χ2n) is 3.89. The monoisotopic (exact) mass is 238 g/mol. The van der Waals surface area contributed by atoms with Gasteiger partial charge in [-0.05, 0) is 43.3 Å². The van der Waals surface area contributed by atoms with Gasteiger partial charge in [-0.2, -0.15) is 0 Å². The van der Waals surface area contributed by atoms with Crippen LogP contribution < -0.4 is 0 Å². The highest BCUT2D eigenvalue weighted by atomic mass is 19.1. The summed E-state index contributed by atoms with van der Waals surface area (Å²) in [7, 11) is 0. The summed E-state index contributed by atoms with van der Waals surface area (Å²) < 4.78 is 12.7. The SMILES string of the molecule is CC(=O)c1ccc(C#Cc2ccc(F)cc2)cc1. The predicted octanol–water partition coefficient (Wildman–Crippen LogP) is 3.43. The van der Waals surface area contributed by atoms with Gasteiger partial charge in [0.2, 0.25) is 0 Å². The fraction of sp³-hybridized carbons (Fsp3) is 0.0625. The van der Waals surface area contributed by atoms with Gasteiger partial charge in [-0.3, -0.25) is 4.79 Å². The van der Waals surface area contributed by atoms with E-state index in [2.05, 4.69) is 11.8 Å². The van der Waals surface area contributed by atoms with Gasteiger partial charge < -0.3 is 0 Å². The van der Waals surface area contributed by atoms with Gasteiger partial charge in [-0.25, -0.2) is 4.39 Å². The van der Waals surface area contributed by atoms with Crippen LogP contribution in [0.25, 0.3) is 0 Å². The largest absolute Gasteiger partial charge is 0.295 e. The zero-order valence-corrected chi connectivity index (χ0v) is 9.91. The fourth-order valence-electron chi connectivity index (χ4n) is 1.47. The summed E-state index contributed by atoms with van der Waals surface area (Å²) >= 11 is 0. The van der Waals surface area contributed by atoms with Crippen molar-refractivity contribution in [2.45, 2.75) is 6.92 Å². The summed E-state index contributed by atoms with van der Waals surface area (Å²) in [5.74, 6) is 5.66. The first-order valence-electron chi connectivity index (χ1n) is 5.54. The van der Waals surface area contributed by atoms with E-state index in [0.717, 1.165) is 11.1 Å². The molecule has 88 valence electrons. The van der Waals surface area contributed by atoms with Crippen molar-refractivity contribution in [2.75, 3.05) is 0 Å². The smallest absolute Gasteiger partial charge is 0.159 e. The Bertz CT molecular complexity index is 613. The van der Waals surface area contributed by atoms with Gasteiger partial charge in [-0.1, -0.05) is 24.0 Å². The zero-order chi connectivity index (χ0) is 13.0. The third kappa shape index (κ3) is 3.05. The minimum Gasteiger partial charge on any atom is -0.295 e. The van der Waals surface area contributed by atoms with E-state index in [-0.39, 0.29) is 11.6 Å². The molecule has 2 rings (SSSR count). The highest BCUT2D eigenvalue weighted by Crippen LogP contribution is 2.05. The summed E-state index contributed by atoms with van der Waals surface area (Å²) in [4.78, 5) is 11.1. The molecule has 0 fully saturated rings. The maximum atomic E-state index is 12.7. The third-order valence-electron chi connectivity index (χ3n) is 2.49. The lowest BCUT2D eigenvalue weighted by Crippen LogP contribution is -1.90. The highest BCUT2D eigenvalue weighted by Gasteiger charge is 1.96. The zero-order valence-electron chi connectivity index (χ0n) is 9.91. The topological polar surface area (TPSA) is 17.1 Å². The van der Waals surface area contributed by atoms with Crippen molar-refractivity contribution in [3.05, 3.63) is 71.0 Å². The summed E-state index contributed by atoms with van der Waals surface area (Å²) in [6, 6.07) is 13.1. The molecule has 2 aromatic carbocycles. The average molecular weight is 238 g/mol. The van der Waals surface area contributed by atoms with Crippen LogP contribution in [0.15, 0.2) is 48.5 Å². The quantitative estimate of drug-likeness (QED) is 0.549. The molecule has 0 aromatic heterocycles. The van der Waals surface area contributed by atoms with Crippen molar-refractivity contribution in [1.82, 2.24) is 0 Å². The number of carbonyl (C=O) groups excluding carboxylic acids is 1. The summed E-state index contributed by atoms with van der Waals surface area (Å²) in [5.41, 5.74) is 2.25. The van der Waals surface area contributed by atoms with E-state index in [1.165, 1.54) is 19.1 Å². The van der Waals surface area contributed by atoms with Crippen LogP contribution in [0, 0.1) is 17.7 Å². The van der Waals surface area contributed by atoms with Gasteiger partial charge in [-0.15, -0.1) is 0 Å². The number of ketones is 1. The molecule has 2 heteroatoms. The molecule has 0 aliphatic rings. The molecule has 0 amide bonds. The molecule has 0 saturated heterocycles. The standard InChI is InChI=1S/C16H11FO/c1-12(18)15-8-4-13(5-9-15)2-3-14-6-10-16(17)11-7-14/h4-11H,1H3. The number of hydrogen-bond donors (Lipinski definition) is 0. The molecule has 0 spiro atoms. The van der Waals surface area contributed by atoms with E-state index < -0.39 is 0 Å². The van der Waals surface area contributed by atoms with E-state index in [4.69, 9.17) is 0 Å². The molecule has 0 aliphatic heterocycles. The Morgan fingerprint density at radius 2 is 1.33 bits per heavy atom. The van der Waals surface area contributed by atoms with Gasteiger partial charge in [0.05, 0.1) is 0 Å².